The standard InChI is InChI=1S/C15H20N4/c1-10-5-6-13(11(10)2)19-9-17-8-14(19)12-4-3-7-18-15(12)16/h3-4,7-11,13H,5-6H2,1-2H3,(H2,16,18). The molecule has 0 saturated heterocycles. The molecule has 2 aromatic heterocycles. The smallest absolute Gasteiger partial charge is 0.132 e. The Balaban J connectivity index is 2.02. The molecule has 0 amide bonds. The van der Waals surface area contributed by atoms with Crippen LogP contribution in [0, 0.1) is 11.8 Å². The summed E-state index contributed by atoms with van der Waals surface area (Å²) in [6.45, 7) is 4.67. The van der Waals surface area contributed by atoms with Crippen molar-refractivity contribution >= 4 is 5.82 Å². The number of rotatable bonds is 2. The molecule has 1 aliphatic rings. The van der Waals surface area contributed by atoms with E-state index in [1.165, 1.54) is 12.8 Å². The van der Waals surface area contributed by atoms with E-state index in [-0.39, 0.29) is 0 Å². The Labute approximate surface area is 113 Å². The second-order valence-corrected chi connectivity index (χ2v) is 5.60. The summed E-state index contributed by atoms with van der Waals surface area (Å²) in [6.07, 6.45) is 8.04. The number of imidazole rings is 1. The minimum absolute atomic E-state index is 0.520. The molecule has 4 nitrogen and oxygen atoms in total. The molecule has 0 bridgehead atoms. The lowest BCUT2D eigenvalue weighted by Gasteiger charge is -2.22. The van der Waals surface area contributed by atoms with Gasteiger partial charge in [-0.25, -0.2) is 9.97 Å². The first kappa shape index (κ1) is 12.2. The zero-order valence-corrected chi connectivity index (χ0v) is 11.5. The lowest BCUT2D eigenvalue weighted by atomic mass is 9.97. The topological polar surface area (TPSA) is 56.7 Å². The maximum absolute atomic E-state index is 5.99. The van der Waals surface area contributed by atoms with Gasteiger partial charge in [0.15, 0.2) is 0 Å². The van der Waals surface area contributed by atoms with Gasteiger partial charge in [-0.1, -0.05) is 13.8 Å². The van der Waals surface area contributed by atoms with Crippen LogP contribution in [0.15, 0.2) is 30.9 Å². The van der Waals surface area contributed by atoms with Crippen molar-refractivity contribution in [1.82, 2.24) is 14.5 Å². The number of pyridine rings is 1. The van der Waals surface area contributed by atoms with Gasteiger partial charge in [-0.05, 0) is 36.8 Å². The maximum atomic E-state index is 5.99. The number of aromatic nitrogens is 3. The van der Waals surface area contributed by atoms with Gasteiger partial charge in [0.2, 0.25) is 0 Å². The molecule has 3 atom stereocenters. The highest BCUT2D eigenvalue weighted by atomic mass is 15.1. The van der Waals surface area contributed by atoms with Crippen molar-refractivity contribution in [3.8, 4) is 11.3 Å². The van der Waals surface area contributed by atoms with Crippen molar-refractivity contribution in [3.05, 3.63) is 30.9 Å². The number of nitrogen functional groups attached to an aromatic ring is 1. The van der Waals surface area contributed by atoms with E-state index in [1.807, 2.05) is 24.7 Å². The van der Waals surface area contributed by atoms with E-state index < -0.39 is 0 Å². The molecule has 1 saturated carbocycles. The lowest BCUT2D eigenvalue weighted by molar-refractivity contribution is 0.355. The minimum atomic E-state index is 0.520. The number of anilines is 1. The summed E-state index contributed by atoms with van der Waals surface area (Å²) >= 11 is 0. The van der Waals surface area contributed by atoms with Crippen LogP contribution in [0.4, 0.5) is 5.82 Å². The molecule has 1 fully saturated rings. The Morgan fingerprint density at radius 1 is 1.32 bits per heavy atom. The van der Waals surface area contributed by atoms with Crippen LogP contribution in [0.2, 0.25) is 0 Å². The number of nitrogens with zero attached hydrogens (tertiary/aromatic N) is 3. The zero-order valence-electron chi connectivity index (χ0n) is 11.5. The van der Waals surface area contributed by atoms with Crippen LogP contribution < -0.4 is 5.73 Å². The third kappa shape index (κ3) is 2.01. The molecule has 0 spiro atoms. The molecule has 19 heavy (non-hydrogen) atoms. The Kier molecular flexibility index (Phi) is 3.01. The second-order valence-electron chi connectivity index (χ2n) is 5.60. The van der Waals surface area contributed by atoms with E-state index in [1.54, 1.807) is 6.20 Å². The molecule has 3 unspecified atom stereocenters. The van der Waals surface area contributed by atoms with Gasteiger partial charge < -0.3 is 10.3 Å². The second kappa shape index (κ2) is 4.68. The van der Waals surface area contributed by atoms with Crippen molar-refractivity contribution in [2.45, 2.75) is 32.7 Å². The molecular formula is C15H20N4. The van der Waals surface area contributed by atoms with E-state index in [2.05, 4.69) is 28.4 Å². The van der Waals surface area contributed by atoms with Gasteiger partial charge in [0.1, 0.15) is 5.82 Å². The largest absolute Gasteiger partial charge is 0.383 e. The maximum Gasteiger partial charge on any atom is 0.132 e. The van der Waals surface area contributed by atoms with Crippen LogP contribution >= 0.6 is 0 Å². The van der Waals surface area contributed by atoms with Gasteiger partial charge in [-0.2, -0.15) is 0 Å². The van der Waals surface area contributed by atoms with E-state index >= 15 is 0 Å². The number of hydrogen-bond acceptors (Lipinski definition) is 3. The Bertz CT molecular complexity index is 575. The van der Waals surface area contributed by atoms with Crippen LogP contribution in [-0.4, -0.2) is 14.5 Å². The average Bonchev–Trinajstić information content (AvgIpc) is 2.99. The zero-order chi connectivity index (χ0) is 13.4. The van der Waals surface area contributed by atoms with E-state index in [0.29, 0.717) is 17.8 Å². The van der Waals surface area contributed by atoms with Crippen LogP contribution in [0.1, 0.15) is 32.7 Å². The predicted octanol–water partition coefficient (Wildman–Crippen LogP) is 3.13. The fourth-order valence-electron chi connectivity index (χ4n) is 3.14. The third-order valence-electron chi connectivity index (χ3n) is 4.56. The summed E-state index contributed by atoms with van der Waals surface area (Å²) in [5, 5.41) is 0. The molecule has 2 N–H and O–H groups in total. The van der Waals surface area contributed by atoms with Crippen molar-refractivity contribution in [2.75, 3.05) is 5.73 Å². The average molecular weight is 256 g/mol. The highest BCUT2D eigenvalue weighted by molar-refractivity contribution is 5.70. The van der Waals surface area contributed by atoms with Gasteiger partial charge in [0.25, 0.3) is 0 Å². The minimum Gasteiger partial charge on any atom is -0.383 e. The van der Waals surface area contributed by atoms with Crippen LogP contribution in [-0.2, 0) is 0 Å². The molecule has 0 aliphatic heterocycles. The van der Waals surface area contributed by atoms with E-state index in [9.17, 15) is 0 Å². The first-order valence-corrected chi connectivity index (χ1v) is 6.91. The van der Waals surface area contributed by atoms with Crippen LogP contribution in [0.25, 0.3) is 11.3 Å². The third-order valence-corrected chi connectivity index (χ3v) is 4.56. The molecule has 0 radical (unpaired) electrons. The van der Waals surface area contributed by atoms with Gasteiger partial charge in [-0.15, -0.1) is 0 Å². The quantitative estimate of drug-likeness (QED) is 0.898. The summed E-state index contributed by atoms with van der Waals surface area (Å²) in [6, 6.07) is 4.45. The summed E-state index contributed by atoms with van der Waals surface area (Å²) in [7, 11) is 0. The van der Waals surface area contributed by atoms with Crippen molar-refractivity contribution in [2.24, 2.45) is 11.8 Å². The van der Waals surface area contributed by atoms with E-state index in [0.717, 1.165) is 17.2 Å². The molecular weight excluding hydrogens is 236 g/mol. The van der Waals surface area contributed by atoms with Crippen LogP contribution in [0.5, 0.6) is 0 Å². The highest BCUT2D eigenvalue weighted by Gasteiger charge is 2.32. The molecule has 4 heteroatoms. The summed E-state index contributed by atoms with van der Waals surface area (Å²) in [5.74, 6) is 2.01. The molecule has 2 heterocycles. The monoisotopic (exact) mass is 256 g/mol. The molecule has 1 aliphatic carbocycles. The summed E-state index contributed by atoms with van der Waals surface area (Å²) in [5.41, 5.74) is 8.05. The number of nitrogens with two attached hydrogens (primary N) is 1. The SMILES string of the molecule is CC1CCC(n2cncc2-c2cccnc2N)C1C. The predicted molar refractivity (Wildman–Crippen MR) is 76.5 cm³/mol. The van der Waals surface area contributed by atoms with Gasteiger partial charge in [0.05, 0.1) is 18.2 Å². The summed E-state index contributed by atoms with van der Waals surface area (Å²) < 4.78 is 2.28. The van der Waals surface area contributed by atoms with Gasteiger partial charge in [-0.3, -0.25) is 0 Å². The first-order valence-electron chi connectivity index (χ1n) is 6.91. The molecule has 100 valence electrons. The molecule has 0 aromatic carbocycles. The first-order chi connectivity index (χ1) is 9.18. The molecule has 2 aromatic rings. The number of hydrogen-bond donors (Lipinski definition) is 1. The fourth-order valence-corrected chi connectivity index (χ4v) is 3.14. The van der Waals surface area contributed by atoms with Gasteiger partial charge >= 0.3 is 0 Å². The lowest BCUT2D eigenvalue weighted by Crippen LogP contribution is -2.15. The van der Waals surface area contributed by atoms with E-state index in [4.69, 9.17) is 5.73 Å². The van der Waals surface area contributed by atoms with Crippen molar-refractivity contribution in [3.63, 3.8) is 0 Å². The fraction of sp³-hybridized carbons (Fsp3) is 0.467. The highest BCUT2D eigenvalue weighted by Crippen LogP contribution is 2.41. The van der Waals surface area contributed by atoms with Crippen molar-refractivity contribution < 1.29 is 0 Å². The Hall–Kier alpha value is -1.84. The normalized spacial score (nSPS) is 26.7. The Morgan fingerprint density at radius 2 is 2.16 bits per heavy atom. The van der Waals surface area contributed by atoms with Crippen molar-refractivity contribution in [1.29, 1.82) is 0 Å². The van der Waals surface area contributed by atoms with Crippen LogP contribution in [0.3, 0.4) is 0 Å². The molecule has 3 rings (SSSR count). The van der Waals surface area contributed by atoms with Gasteiger partial charge in [0, 0.05) is 17.8 Å². The summed E-state index contributed by atoms with van der Waals surface area (Å²) in [4.78, 5) is 8.50. The Morgan fingerprint density at radius 3 is 2.84 bits per heavy atom.